The lowest BCUT2D eigenvalue weighted by atomic mass is 10.00. The number of ether oxygens (including phenoxy) is 2. The van der Waals surface area contributed by atoms with Crippen molar-refractivity contribution < 1.29 is 23.5 Å². The molecule has 2 aromatic carbocycles. The topological polar surface area (TPSA) is 55.8 Å². The normalized spacial score (nSPS) is 19.4. The van der Waals surface area contributed by atoms with Gasteiger partial charge in [-0.15, -0.1) is 0 Å². The standard InChI is InChI=1S/C19H16FNO4/c20-16-6-5-13-3-1-2-4-14(13)15(16)9-11-21-12-10-19(21)24-17(22)7-8-18(23)25-19/h1-8H,9-12H2. The summed E-state index contributed by atoms with van der Waals surface area (Å²) in [6.07, 6.45) is 2.93. The molecule has 6 heteroatoms. The highest BCUT2D eigenvalue weighted by Gasteiger charge is 2.52. The second-order valence-corrected chi connectivity index (χ2v) is 6.12. The minimum Gasteiger partial charge on any atom is -0.405 e. The summed E-state index contributed by atoms with van der Waals surface area (Å²) in [5, 5.41) is 1.82. The number of fused-ring (bicyclic) bond motifs is 1. The van der Waals surface area contributed by atoms with Gasteiger partial charge in [0.25, 0.3) is 0 Å². The summed E-state index contributed by atoms with van der Waals surface area (Å²) in [6.45, 7) is 1.01. The van der Waals surface area contributed by atoms with Gasteiger partial charge in [-0.1, -0.05) is 30.3 Å². The molecule has 1 fully saturated rings. The quantitative estimate of drug-likeness (QED) is 0.803. The van der Waals surface area contributed by atoms with Crippen molar-refractivity contribution >= 4 is 22.7 Å². The molecular formula is C19H16FNO4. The molecule has 25 heavy (non-hydrogen) atoms. The van der Waals surface area contributed by atoms with Gasteiger partial charge in [-0.3, -0.25) is 0 Å². The predicted octanol–water partition coefficient (Wildman–Crippen LogP) is 2.54. The van der Waals surface area contributed by atoms with Gasteiger partial charge in [-0.25, -0.2) is 18.9 Å². The molecule has 0 atom stereocenters. The first-order valence-electron chi connectivity index (χ1n) is 8.13. The minimum atomic E-state index is -1.36. The molecule has 0 aliphatic carbocycles. The molecule has 0 saturated carbocycles. The van der Waals surface area contributed by atoms with Crippen LogP contribution >= 0.6 is 0 Å². The van der Waals surface area contributed by atoms with Gasteiger partial charge >= 0.3 is 17.8 Å². The van der Waals surface area contributed by atoms with Gasteiger partial charge in [-0.05, 0) is 28.8 Å². The van der Waals surface area contributed by atoms with E-state index in [1.54, 1.807) is 11.0 Å². The van der Waals surface area contributed by atoms with Gasteiger partial charge in [0.05, 0.1) is 6.42 Å². The number of nitrogens with zero attached hydrogens (tertiary/aromatic N) is 1. The van der Waals surface area contributed by atoms with E-state index in [0.29, 0.717) is 31.5 Å². The van der Waals surface area contributed by atoms with Gasteiger partial charge in [-0.2, -0.15) is 0 Å². The second-order valence-electron chi connectivity index (χ2n) is 6.12. The SMILES string of the molecule is O=C1C=CC(=O)OC2(CCN2CCc2c(F)ccc3ccccc23)O1. The van der Waals surface area contributed by atoms with Crippen LogP contribution in [0.4, 0.5) is 4.39 Å². The number of likely N-dealkylation sites (tertiary alicyclic amines) is 1. The Kier molecular flexibility index (Phi) is 3.77. The van der Waals surface area contributed by atoms with E-state index in [-0.39, 0.29) is 5.82 Å². The van der Waals surface area contributed by atoms with Gasteiger partial charge in [0, 0.05) is 25.2 Å². The van der Waals surface area contributed by atoms with E-state index in [1.807, 2.05) is 24.3 Å². The van der Waals surface area contributed by atoms with E-state index in [1.165, 1.54) is 6.07 Å². The second kappa shape index (κ2) is 5.97. The van der Waals surface area contributed by atoms with Crippen molar-refractivity contribution in [3.63, 3.8) is 0 Å². The minimum absolute atomic E-state index is 0.273. The Morgan fingerprint density at radius 2 is 1.76 bits per heavy atom. The van der Waals surface area contributed by atoms with Crippen molar-refractivity contribution in [1.29, 1.82) is 0 Å². The number of carbonyl (C=O) groups is 2. The molecule has 2 aliphatic rings. The Morgan fingerprint density at radius 1 is 1.04 bits per heavy atom. The first kappa shape index (κ1) is 15.8. The average Bonchev–Trinajstić information content (AvgIpc) is 2.76. The number of carbonyl (C=O) groups excluding carboxylic acids is 2. The summed E-state index contributed by atoms with van der Waals surface area (Å²) < 4.78 is 24.9. The highest BCUT2D eigenvalue weighted by molar-refractivity contribution is 5.93. The Labute approximate surface area is 143 Å². The fourth-order valence-electron chi connectivity index (χ4n) is 3.32. The van der Waals surface area contributed by atoms with Crippen molar-refractivity contribution in [2.45, 2.75) is 18.8 Å². The molecule has 1 saturated heterocycles. The van der Waals surface area contributed by atoms with E-state index < -0.39 is 17.8 Å². The first-order chi connectivity index (χ1) is 12.1. The third-order valence-corrected chi connectivity index (χ3v) is 4.67. The maximum absolute atomic E-state index is 14.3. The van der Waals surface area contributed by atoms with E-state index in [2.05, 4.69) is 0 Å². The molecule has 5 nitrogen and oxygen atoms in total. The summed E-state index contributed by atoms with van der Waals surface area (Å²) in [6, 6.07) is 10.8. The fourth-order valence-corrected chi connectivity index (χ4v) is 3.32. The molecule has 2 aliphatic heterocycles. The molecule has 2 heterocycles. The van der Waals surface area contributed by atoms with Crippen molar-refractivity contribution in [2.24, 2.45) is 0 Å². The molecule has 1 spiro atoms. The smallest absolute Gasteiger partial charge is 0.335 e. The zero-order valence-electron chi connectivity index (χ0n) is 13.4. The molecule has 4 rings (SSSR count). The van der Waals surface area contributed by atoms with Crippen LogP contribution in [0.2, 0.25) is 0 Å². The molecule has 2 aromatic rings. The summed E-state index contributed by atoms with van der Waals surface area (Å²) in [5.74, 6) is -2.87. The number of benzene rings is 2. The molecule has 128 valence electrons. The molecule has 0 bridgehead atoms. The lowest BCUT2D eigenvalue weighted by molar-refractivity contribution is -0.325. The predicted molar refractivity (Wildman–Crippen MR) is 87.9 cm³/mol. The third kappa shape index (κ3) is 2.78. The van der Waals surface area contributed by atoms with E-state index in [9.17, 15) is 14.0 Å². The van der Waals surface area contributed by atoms with Crippen LogP contribution in [0.1, 0.15) is 12.0 Å². The zero-order chi connectivity index (χ0) is 17.4. The number of hydrogen-bond acceptors (Lipinski definition) is 5. The molecule has 0 N–H and O–H groups in total. The monoisotopic (exact) mass is 341 g/mol. The van der Waals surface area contributed by atoms with Crippen LogP contribution in [-0.4, -0.2) is 35.8 Å². The van der Waals surface area contributed by atoms with Crippen LogP contribution in [0.25, 0.3) is 10.8 Å². The van der Waals surface area contributed by atoms with Gasteiger partial charge in [0.2, 0.25) is 0 Å². The Bertz CT molecular complexity index is 872. The van der Waals surface area contributed by atoms with Gasteiger partial charge < -0.3 is 9.47 Å². The Morgan fingerprint density at radius 3 is 2.44 bits per heavy atom. The lowest BCUT2D eigenvalue weighted by Crippen LogP contribution is -2.64. The summed E-state index contributed by atoms with van der Waals surface area (Å²) >= 11 is 0. The van der Waals surface area contributed by atoms with Gasteiger partial charge in [0.15, 0.2) is 0 Å². The molecule has 0 unspecified atom stereocenters. The van der Waals surface area contributed by atoms with Crippen LogP contribution in [0.3, 0.4) is 0 Å². The maximum atomic E-state index is 14.3. The Hall–Kier alpha value is -2.73. The molecule has 0 aromatic heterocycles. The number of rotatable bonds is 3. The highest BCUT2D eigenvalue weighted by Crippen LogP contribution is 2.35. The average molecular weight is 341 g/mol. The molecule has 0 amide bonds. The Balaban J connectivity index is 1.55. The van der Waals surface area contributed by atoms with Crippen LogP contribution < -0.4 is 0 Å². The van der Waals surface area contributed by atoms with Crippen molar-refractivity contribution in [2.75, 3.05) is 13.1 Å². The van der Waals surface area contributed by atoms with Crippen LogP contribution in [0, 0.1) is 5.82 Å². The summed E-state index contributed by atoms with van der Waals surface area (Å²) in [7, 11) is 0. The largest absolute Gasteiger partial charge is 0.405 e. The lowest BCUT2D eigenvalue weighted by Gasteiger charge is -2.48. The summed E-state index contributed by atoms with van der Waals surface area (Å²) in [4.78, 5) is 25.1. The molecule has 0 radical (unpaired) electrons. The molecular weight excluding hydrogens is 325 g/mol. The van der Waals surface area contributed by atoms with Gasteiger partial charge in [0.1, 0.15) is 5.82 Å². The van der Waals surface area contributed by atoms with E-state index in [0.717, 1.165) is 22.9 Å². The first-order valence-corrected chi connectivity index (χ1v) is 8.13. The van der Waals surface area contributed by atoms with Crippen molar-refractivity contribution in [3.05, 3.63) is 59.9 Å². The number of halogens is 1. The summed E-state index contributed by atoms with van der Waals surface area (Å²) in [5.41, 5.74) is 0.601. The van der Waals surface area contributed by atoms with Crippen LogP contribution in [0.15, 0.2) is 48.6 Å². The van der Waals surface area contributed by atoms with Crippen LogP contribution in [0.5, 0.6) is 0 Å². The zero-order valence-corrected chi connectivity index (χ0v) is 13.4. The number of hydrogen-bond donors (Lipinski definition) is 0. The highest BCUT2D eigenvalue weighted by atomic mass is 19.1. The van der Waals surface area contributed by atoms with Crippen molar-refractivity contribution in [3.8, 4) is 0 Å². The van der Waals surface area contributed by atoms with E-state index in [4.69, 9.17) is 9.47 Å². The fraction of sp³-hybridized carbons (Fsp3) is 0.263. The van der Waals surface area contributed by atoms with Crippen molar-refractivity contribution in [1.82, 2.24) is 4.90 Å². The maximum Gasteiger partial charge on any atom is 0.335 e. The number of esters is 2. The third-order valence-electron chi connectivity index (χ3n) is 4.67. The van der Waals surface area contributed by atoms with Crippen LogP contribution in [-0.2, 0) is 25.5 Å². The van der Waals surface area contributed by atoms with E-state index >= 15 is 0 Å².